The van der Waals surface area contributed by atoms with Crippen LogP contribution in [0.25, 0.3) is 11.4 Å². The molecule has 0 aliphatic carbocycles. The van der Waals surface area contributed by atoms with Gasteiger partial charge in [-0.1, -0.05) is 25.1 Å². The highest BCUT2D eigenvalue weighted by Gasteiger charge is 2.29. The molecular formula is C27H30FN7O6. The van der Waals surface area contributed by atoms with Crippen LogP contribution in [0.15, 0.2) is 35.1 Å². The molecule has 2 aliphatic rings. The minimum atomic E-state index is -1.08. The molecule has 2 aliphatic heterocycles. The van der Waals surface area contributed by atoms with E-state index in [0.29, 0.717) is 56.4 Å². The van der Waals surface area contributed by atoms with Crippen LogP contribution in [0.2, 0.25) is 0 Å². The minimum Gasteiger partial charge on any atom is -0.480 e. The summed E-state index contributed by atoms with van der Waals surface area (Å²) >= 11 is 0. The molecule has 1 aromatic carbocycles. The van der Waals surface area contributed by atoms with E-state index >= 15 is 0 Å². The number of carbonyl (C=O) groups excluding carboxylic acids is 2. The van der Waals surface area contributed by atoms with Crippen molar-refractivity contribution in [1.29, 1.82) is 0 Å². The lowest BCUT2D eigenvalue weighted by Crippen LogP contribution is -2.52. The average Bonchev–Trinajstić information content (AvgIpc) is 3.44. The van der Waals surface area contributed by atoms with Gasteiger partial charge in [-0.25, -0.2) is 4.39 Å². The SMILES string of the molecule is CCc1c(N2CCN(C(=O)CNC(=O)c3ccccc3F)CC2)c(=O)n2nc(C3=CCOCC3)nc2n1CC(=O)O. The zero-order valence-electron chi connectivity index (χ0n) is 22.5. The van der Waals surface area contributed by atoms with Crippen LogP contribution in [-0.2, 0) is 27.3 Å². The van der Waals surface area contributed by atoms with E-state index in [0.717, 1.165) is 10.1 Å². The molecule has 0 atom stereocenters. The summed E-state index contributed by atoms with van der Waals surface area (Å²) in [7, 11) is 0. The van der Waals surface area contributed by atoms with Crippen molar-refractivity contribution in [2.24, 2.45) is 0 Å². The number of aliphatic carboxylic acids is 1. The maximum absolute atomic E-state index is 13.9. The number of benzene rings is 1. The van der Waals surface area contributed by atoms with Crippen molar-refractivity contribution >= 4 is 34.8 Å². The lowest BCUT2D eigenvalue weighted by Gasteiger charge is -2.36. The van der Waals surface area contributed by atoms with Gasteiger partial charge in [0.25, 0.3) is 11.5 Å². The van der Waals surface area contributed by atoms with Crippen molar-refractivity contribution < 1.29 is 28.6 Å². The molecular weight excluding hydrogens is 537 g/mol. The number of halogens is 1. The number of aromatic nitrogens is 4. The number of nitrogens with one attached hydrogen (secondary N) is 1. The third-order valence-electron chi connectivity index (χ3n) is 7.17. The molecule has 0 bridgehead atoms. The quantitative estimate of drug-likeness (QED) is 0.398. The molecule has 2 aromatic heterocycles. The van der Waals surface area contributed by atoms with Gasteiger partial charge >= 0.3 is 5.97 Å². The Bertz CT molecular complexity index is 1590. The van der Waals surface area contributed by atoms with Crippen LogP contribution in [0.5, 0.6) is 0 Å². The summed E-state index contributed by atoms with van der Waals surface area (Å²) in [6, 6.07) is 5.52. The highest BCUT2D eigenvalue weighted by atomic mass is 19.1. The minimum absolute atomic E-state index is 0.144. The van der Waals surface area contributed by atoms with Crippen molar-refractivity contribution in [2.75, 3.05) is 50.8 Å². The molecule has 2 amide bonds. The number of carboxylic acids is 1. The summed E-state index contributed by atoms with van der Waals surface area (Å²) in [6.45, 7) is 3.19. The Balaban J connectivity index is 1.36. The Morgan fingerprint density at radius 1 is 1.15 bits per heavy atom. The zero-order valence-corrected chi connectivity index (χ0v) is 22.5. The first-order valence-corrected chi connectivity index (χ1v) is 13.3. The highest BCUT2D eigenvalue weighted by molar-refractivity contribution is 5.96. The van der Waals surface area contributed by atoms with Crippen LogP contribution in [0.1, 0.15) is 35.2 Å². The van der Waals surface area contributed by atoms with Gasteiger partial charge in [-0.05, 0) is 30.5 Å². The number of hydrogen-bond acceptors (Lipinski definition) is 8. The van der Waals surface area contributed by atoms with Gasteiger partial charge in [-0.15, -0.1) is 5.10 Å². The fourth-order valence-corrected chi connectivity index (χ4v) is 5.12. The number of fused-ring (bicyclic) bond motifs is 1. The predicted octanol–water partition coefficient (Wildman–Crippen LogP) is 0.559. The van der Waals surface area contributed by atoms with Gasteiger partial charge in [-0.3, -0.25) is 19.2 Å². The fourth-order valence-electron chi connectivity index (χ4n) is 5.12. The number of piperazine rings is 1. The summed E-state index contributed by atoms with van der Waals surface area (Å²) in [5.74, 6) is -2.27. The topological polar surface area (TPSA) is 151 Å². The van der Waals surface area contributed by atoms with Crippen molar-refractivity contribution in [3.8, 4) is 0 Å². The van der Waals surface area contributed by atoms with E-state index < -0.39 is 29.8 Å². The Kier molecular flexibility index (Phi) is 8.10. The average molecular weight is 568 g/mol. The fraction of sp³-hybridized carbons (Fsp3) is 0.407. The lowest BCUT2D eigenvalue weighted by molar-refractivity contribution is -0.137. The monoisotopic (exact) mass is 567 g/mol. The summed E-state index contributed by atoms with van der Waals surface area (Å²) in [6.07, 6.45) is 2.80. The number of rotatable bonds is 8. The Labute approximate surface area is 233 Å². The first kappa shape index (κ1) is 28.0. The van der Waals surface area contributed by atoms with Crippen LogP contribution < -0.4 is 15.8 Å². The molecule has 0 unspecified atom stereocenters. The predicted molar refractivity (Wildman–Crippen MR) is 145 cm³/mol. The van der Waals surface area contributed by atoms with E-state index in [1.165, 1.54) is 28.8 Å². The van der Waals surface area contributed by atoms with Gasteiger partial charge in [0.2, 0.25) is 11.7 Å². The molecule has 1 saturated heterocycles. The molecule has 2 N–H and O–H groups in total. The first-order valence-electron chi connectivity index (χ1n) is 13.3. The second kappa shape index (κ2) is 11.9. The molecule has 1 fully saturated rings. The molecule has 3 aromatic rings. The van der Waals surface area contributed by atoms with E-state index in [2.05, 4.69) is 15.4 Å². The molecule has 216 valence electrons. The number of amides is 2. The van der Waals surface area contributed by atoms with Gasteiger partial charge in [0.1, 0.15) is 18.0 Å². The van der Waals surface area contributed by atoms with E-state index in [9.17, 15) is 28.7 Å². The summed E-state index contributed by atoms with van der Waals surface area (Å²) in [4.78, 5) is 58.6. The van der Waals surface area contributed by atoms with Gasteiger partial charge in [0, 0.05) is 26.2 Å². The molecule has 4 heterocycles. The lowest BCUT2D eigenvalue weighted by atomic mass is 10.1. The Hall–Kier alpha value is -4.59. The number of hydrogen-bond donors (Lipinski definition) is 2. The zero-order chi connectivity index (χ0) is 29.1. The second-order valence-electron chi connectivity index (χ2n) is 9.67. The van der Waals surface area contributed by atoms with E-state index in [-0.39, 0.29) is 36.9 Å². The normalized spacial score (nSPS) is 15.6. The number of nitrogens with zero attached hydrogens (tertiary/aromatic N) is 6. The third kappa shape index (κ3) is 5.68. The van der Waals surface area contributed by atoms with Crippen LogP contribution in [0.4, 0.5) is 10.1 Å². The first-order chi connectivity index (χ1) is 19.8. The van der Waals surface area contributed by atoms with Crippen LogP contribution in [-0.4, -0.2) is 92.9 Å². The maximum atomic E-state index is 13.9. The molecule has 0 radical (unpaired) electrons. The molecule has 13 nitrogen and oxygen atoms in total. The summed E-state index contributed by atoms with van der Waals surface area (Å²) in [5.41, 5.74) is 1.10. The van der Waals surface area contributed by atoms with E-state index in [1.54, 1.807) is 4.90 Å². The maximum Gasteiger partial charge on any atom is 0.323 e. The molecule has 0 spiro atoms. The van der Waals surface area contributed by atoms with E-state index in [1.807, 2.05) is 17.9 Å². The molecule has 0 saturated carbocycles. The number of carboxylic acid groups (broad SMARTS) is 1. The standard InChI is InChI=1S/C27H30FN7O6/c1-2-20-23(26(40)35-27(34(20)16-22(37)38)30-24(31-35)17-7-13-41-14-8-17)33-11-9-32(10-12-33)21(36)15-29-25(39)18-5-3-4-6-19(18)28/h3-7H,2,8-16H2,1H3,(H,29,39)(H,37,38). The number of ether oxygens (including phenoxy) is 1. The number of anilines is 1. The Morgan fingerprint density at radius 2 is 1.90 bits per heavy atom. The third-order valence-corrected chi connectivity index (χ3v) is 7.17. The van der Waals surface area contributed by atoms with Crippen molar-refractivity contribution in [3.05, 3.63) is 63.6 Å². The van der Waals surface area contributed by atoms with Crippen molar-refractivity contribution in [1.82, 2.24) is 29.4 Å². The molecule has 41 heavy (non-hydrogen) atoms. The van der Waals surface area contributed by atoms with Gasteiger partial charge in [-0.2, -0.15) is 9.50 Å². The van der Waals surface area contributed by atoms with Gasteiger partial charge in [0.15, 0.2) is 5.82 Å². The van der Waals surface area contributed by atoms with Crippen LogP contribution in [0, 0.1) is 5.82 Å². The van der Waals surface area contributed by atoms with E-state index in [4.69, 9.17) is 4.74 Å². The van der Waals surface area contributed by atoms with Gasteiger partial charge < -0.3 is 29.5 Å². The largest absolute Gasteiger partial charge is 0.480 e. The summed E-state index contributed by atoms with van der Waals surface area (Å²) in [5, 5.41) is 16.6. The molecule has 14 heteroatoms. The van der Waals surface area contributed by atoms with Gasteiger partial charge in [0.05, 0.1) is 31.0 Å². The van der Waals surface area contributed by atoms with Crippen LogP contribution in [0.3, 0.4) is 0 Å². The highest BCUT2D eigenvalue weighted by Crippen LogP contribution is 2.23. The van der Waals surface area contributed by atoms with Crippen molar-refractivity contribution in [3.63, 3.8) is 0 Å². The smallest absolute Gasteiger partial charge is 0.323 e. The van der Waals surface area contributed by atoms with Crippen molar-refractivity contribution in [2.45, 2.75) is 26.3 Å². The molecule has 5 rings (SSSR count). The second-order valence-corrected chi connectivity index (χ2v) is 9.67. The Morgan fingerprint density at radius 3 is 2.56 bits per heavy atom. The number of carbonyl (C=O) groups is 3. The summed E-state index contributed by atoms with van der Waals surface area (Å²) < 4.78 is 21.9. The van der Waals surface area contributed by atoms with Crippen LogP contribution >= 0.6 is 0 Å².